The van der Waals surface area contributed by atoms with Gasteiger partial charge >= 0.3 is 5.69 Å². The molecule has 3 rings (SSSR count). The van der Waals surface area contributed by atoms with E-state index < -0.39 is 0 Å². The van der Waals surface area contributed by atoms with Crippen molar-refractivity contribution in [2.24, 2.45) is 0 Å². The summed E-state index contributed by atoms with van der Waals surface area (Å²) in [6.07, 6.45) is 3.60. The van der Waals surface area contributed by atoms with Crippen molar-refractivity contribution in [2.75, 3.05) is 14.1 Å². The molecule has 0 saturated carbocycles. The summed E-state index contributed by atoms with van der Waals surface area (Å²) < 4.78 is 1.80. The number of hydrogen-bond donors (Lipinski definition) is 2. The molecule has 1 aromatic heterocycles. The number of benzene rings is 2. The van der Waals surface area contributed by atoms with Gasteiger partial charge in [-0.05, 0) is 24.3 Å². The summed E-state index contributed by atoms with van der Waals surface area (Å²) in [7, 11) is 3.87. The van der Waals surface area contributed by atoms with Crippen molar-refractivity contribution < 1.29 is 14.9 Å². The second-order valence-corrected chi connectivity index (χ2v) is 5.77. The first-order valence-electron chi connectivity index (χ1n) is 7.54. The van der Waals surface area contributed by atoms with Gasteiger partial charge in [-0.2, -0.15) is 0 Å². The average Bonchev–Trinajstić information content (AvgIpc) is 2.87. The molecule has 2 aromatic carbocycles. The molecule has 6 nitrogen and oxygen atoms in total. The van der Waals surface area contributed by atoms with E-state index in [0.29, 0.717) is 16.6 Å². The van der Waals surface area contributed by atoms with E-state index in [1.54, 1.807) is 22.8 Å². The third-order valence-corrected chi connectivity index (χ3v) is 3.73. The Morgan fingerprint density at radius 3 is 2.50 bits per heavy atom. The molecule has 0 spiro atoms. The van der Waals surface area contributed by atoms with E-state index in [0.717, 1.165) is 10.6 Å². The summed E-state index contributed by atoms with van der Waals surface area (Å²) in [4.78, 5) is 12.4. The Hall–Kier alpha value is -3.12. The van der Waals surface area contributed by atoms with Crippen LogP contribution in [0.25, 0.3) is 22.7 Å². The van der Waals surface area contributed by atoms with Gasteiger partial charge in [-0.15, -0.1) is 0 Å². The molecule has 0 saturated heterocycles. The van der Waals surface area contributed by atoms with Crippen LogP contribution in [0, 0.1) is 10.1 Å². The lowest BCUT2D eigenvalue weighted by Crippen LogP contribution is -3.00. The van der Waals surface area contributed by atoms with Crippen molar-refractivity contribution in [3.05, 3.63) is 70.5 Å². The maximum atomic E-state index is 11.7. The average molecular weight is 324 g/mol. The lowest BCUT2D eigenvalue weighted by atomic mass is 10.2. The van der Waals surface area contributed by atoms with Crippen LogP contribution >= 0.6 is 0 Å². The zero-order chi connectivity index (χ0) is 17.3. The number of fused-ring (bicyclic) bond motifs is 1. The number of aromatic nitrogens is 1. The number of aromatic hydroxyl groups is 1. The molecule has 24 heavy (non-hydrogen) atoms. The molecular formula is C18H18N3O3+. The third kappa shape index (κ3) is 2.75. The minimum Gasteiger partial charge on any atom is -0.508 e. The Morgan fingerprint density at radius 1 is 1.17 bits per heavy atom. The number of phenols is 1. The van der Waals surface area contributed by atoms with E-state index in [1.807, 2.05) is 50.6 Å². The van der Waals surface area contributed by atoms with Crippen LogP contribution in [0.3, 0.4) is 0 Å². The van der Waals surface area contributed by atoms with Crippen LogP contribution in [-0.4, -0.2) is 28.7 Å². The summed E-state index contributed by atoms with van der Waals surface area (Å²) >= 11 is 0. The zero-order valence-corrected chi connectivity index (χ0v) is 13.4. The van der Waals surface area contributed by atoms with Crippen LogP contribution in [0.4, 0.5) is 5.69 Å². The fourth-order valence-corrected chi connectivity index (χ4v) is 2.73. The van der Waals surface area contributed by atoms with Crippen molar-refractivity contribution >= 4 is 22.7 Å². The Balaban J connectivity index is 2.44. The first kappa shape index (κ1) is 15.8. The number of phenolic OH excluding ortho intramolecular Hbond substituents is 1. The Kier molecular flexibility index (Phi) is 4.05. The van der Waals surface area contributed by atoms with Crippen LogP contribution in [0.15, 0.2) is 54.7 Å². The molecule has 0 amide bonds. The zero-order valence-electron chi connectivity index (χ0n) is 13.4. The fourth-order valence-electron chi connectivity index (χ4n) is 2.73. The standard InChI is InChI=1S/C18H17N3O3/c1-19(2)11-10-16-18(21(23)24)15-9-8-14(22)12-17(15)20(16)13-6-4-3-5-7-13/h3-12,22H,1-2H3/p+1/b11-10+. The monoisotopic (exact) mass is 324 g/mol. The molecule has 6 heteroatoms. The van der Waals surface area contributed by atoms with Gasteiger partial charge in [0.25, 0.3) is 0 Å². The Labute approximate surface area is 139 Å². The highest BCUT2D eigenvalue weighted by Crippen LogP contribution is 2.37. The van der Waals surface area contributed by atoms with Gasteiger partial charge in [-0.25, -0.2) is 0 Å². The van der Waals surface area contributed by atoms with Crippen molar-refractivity contribution in [3.63, 3.8) is 0 Å². The van der Waals surface area contributed by atoms with Crippen LogP contribution in [-0.2, 0) is 0 Å². The molecule has 0 fully saturated rings. The predicted octanol–water partition coefficient (Wildman–Crippen LogP) is 2.36. The molecular weight excluding hydrogens is 306 g/mol. The van der Waals surface area contributed by atoms with E-state index in [2.05, 4.69) is 0 Å². The van der Waals surface area contributed by atoms with Gasteiger partial charge in [0.15, 0.2) is 0 Å². The molecule has 3 aromatic rings. The molecule has 2 N–H and O–H groups in total. The van der Waals surface area contributed by atoms with Gasteiger partial charge in [0.2, 0.25) is 0 Å². The minimum absolute atomic E-state index is 0.0337. The van der Waals surface area contributed by atoms with Gasteiger partial charge in [-0.3, -0.25) is 10.1 Å². The van der Waals surface area contributed by atoms with E-state index in [-0.39, 0.29) is 16.4 Å². The van der Waals surface area contributed by atoms with Crippen molar-refractivity contribution in [1.82, 2.24) is 4.57 Å². The molecule has 0 aliphatic carbocycles. The SMILES string of the molecule is C[NH+](C)/C=C/c1c([N+](=O)[O-])c2ccc(O)cc2n1-c1ccccc1. The van der Waals surface area contributed by atoms with Crippen LogP contribution < -0.4 is 4.90 Å². The summed E-state index contributed by atoms with van der Waals surface area (Å²) in [6.45, 7) is 0. The quantitative estimate of drug-likeness (QED) is 0.571. The van der Waals surface area contributed by atoms with Gasteiger partial charge in [0.05, 0.1) is 36.1 Å². The number of hydrogen-bond acceptors (Lipinski definition) is 3. The van der Waals surface area contributed by atoms with Crippen LogP contribution in [0.5, 0.6) is 5.75 Å². The largest absolute Gasteiger partial charge is 0.508 e. The van der Waals surface area contributed by atoms with Crippen molar-refractivity contribution in [1.29, 1.82) is 0 Å². The van der Waals surface area contributed by atoms with Crippen molar-refractivity contribution in [3.8, 4) is 11.4 Å². The topological polar surface area (TPSA) is 72.7 Å². The highest BCUT2D eigenvalue weighted by atomic mass is 16.6. The molecule has 0 aliphatic rings. The smallest absolute Gasteiger partial charge is 0.302 e. The van der Waals surface area contributed by atoms with Gasteiger partial charge in [0.1, 0.15) is 11.4 Å². The third-order valence-electron chi connectivity index (χ3n) is 3.73. The van der Waals surface area contributed by atoms with Crippen molar-refractivity contribution in [2.45, 2.75) is 0 Å². The fraction of sp³-hybridized carbons (Fsp3) is 0.111. The highest BCUT2D eigenvalue weighted by molar-refractivity contribution is 5.96. The second-order valence-electron chi connectivity index (χ2n) is 5.77. The molecule has 122 valence electrons. The highest BCUT2D eigenvalue weighted by Gasteiger charge is 2.26. The van der Waals surface area contributed by atoms with Gasteiger partial charge < -0.3 is 14.6 Å². The minimum atomic E-state index is -0.372. The van der Waals surface area contributed by atoms with E-state index in [9.17, 15) is 15.2 Å². The maximum absolute atomic E-state index is 11.7. The van der Waals surface area contributed by atoms with Gasteiger partial charge in [0, 0.05) is 17.8 Å². The maximum Gasteiger partial charge on any atom is 0.302 e. The summed E-state index contributed by atoms with van der Waals surface area (Å²) in [6, 6.07) is 14.0. The predicted molar refractivity (Wildman–Crippen MR) is 93.4 cm³/mol. The molecule has 0 radical (unpaired) electrons. The molecule has 0 atom stereocenters. The number of para-hydroxylation sites is 1. The summed E-state index contributed by atoms with van der Waals surface area (Å²) in [5, 5.41) is 22.0. The summed E-state index contributed by atoms with van der Waals surface area (Å²) in [5.41, 5.74) is 1.91. The molecule has 1 heterocycles. The first-order valence-corrected chi connectivity index (χ1v) is 7.54. The first-order chi connectivity index (χ1) is 11.5. The lowest BCUT2D eigenvalue weighted by molar-refractivity contribution is -0.800. The second kappa shape index (κ2) is 6.17. The Morgan fingerprint density at radius 2 is 1.88 bits per heavy atom. The number of nitrogens with one attached hydrogen (secondary N) is 1. The van der Waals surface area contributed by atoms with Crippen LogP contribution in [0.1, 0.15) is 5.69 Å². The summed E-state index contributed by atoms with van der Waals surface area (Å²) in [5.74, 6) is 0.0702. The van der Waals surface area contributed by atoms with Crippen LogP contribution in [0.2, 0.25) is 0 Å². The Bertz CT molecular complexity index is 928. The number of rotatable bonds is 4. The normalized spacial score (nSPS) is 11.6. The number of nitrogens with zero attached hydrogens (tertiary/aromatic N) is 2. The lowest BCUT2D eigenvalue weighted by Gasteiger charge is -2.08. The number of quaternary nitrogens is 1. The molecule has 0 unspecified atom stereocenters. The molecule has 0 aliphatic heterocycles. The van der Waals surface area contributed by atoms with E-state index >= 15 is 0 Å². The molecule has 0 bridgehead atoms. The van der Waals surface area contributed by atoms with E-state index in [1.165, 1.54) is 6.07 Å². The van der Waals surface area contributed by atoms with Gasteiger partial charge in [-0.1, -0.05) is 18.2 Å². The van der Waals surface area contributed by atoms with E-state index in [4.69, 9.17) is 0 Å². The number of nitro groups is 1.